The van der Waals surface area contributed by atoms with Crippen LogP contribution in [0.4, 0.5) is 8.78 Å². The van der Waals surface area contributed by atoms with E-state index in [0.29, 0.717) is 12.5 Å². The Kier molecular flexibility index (Phi) is 5.91. The van der Waals surface area contributed by atoms with Crippen molar-refractivity contribution < 1.29 is 13.5 Å². The Bertz CT molecular complexity index is 342. The Labute approximate surface area is 101 Å². The maximum atomic E-state index is 13.5. The third-order valence-corrected chi connectivity index (χ3v) is 2.21. The summed E-state index contributed by atoms with van der Waals surface area (Å²) in [5.74, 6) is 0.226. The van der Waals surface area contributed by atoms with Crippen molar-refractivity contribution >= 4 is 0 Å². The molecule has 0 aliphatic heterocycles. The van der Waals surface area contributed by atoms with Gasteiger partial charge in [0, 0.05) is 6.54 Å². The molecule has 96 valence electrons. The second kappa shape index (κ2) is 7.22. The van der Waals surface area contributed by atoms with E-state index in [4.69, 9.17) is 4.74 Å². The van der Waals surface area contributed by atoms with E-state index in [2.05, 4.69) is 19.2 Å². The van der Waals surface area contributed by atoms with Gasteiger partial charge in [0.05, 0.1) is 0 Å². The topological polar surface area (TPSA) is 21.3 Å². The van der Waals surface area contributed by atoms with Crippen molar-refractivity contribution in [2.75, 3.05) is 19.8 Å². The monoisotopic (exact) mass is 243 g/mol. The van der Waals surface area contributed by atoms with Gasteiger partial charge in [0.25, 0.3) is 0 Å². The van der Waals surface area contributed by atoms with E-state index in [1.54, 1.807) is 6.07 Å². The molecule has 0 saturated carbocycles. The summed E-state index contributed by atoms with van der Waals surface area (Å²) in [7, 11) is 0. The minimum Gasteiger partial charge on any atom is -0.488 e. The molecule has 0 heterocycles. The number of alkyl halides is 1. The lowest BCUT2D eigenvalue weighted by atomic mass is 10.2. The molecule has 0 aliphatic rings. The van der Waals surface area contributed by atoms with E-state index in [0.717, 1.165) is 12.1 Å². The van der Waals surface area contributed by atoms with E-state index in [1.807, 2.05) is 0 Å². The van der Waals surface area contributed by atoms with Crippen LogP contribution in [0.25, 0.3) is 0 Å². The third kappa shape index (κ3) is 5.13. The van der Waals surface area contributed by atoms with Crippen molar-refractivity contribution in [2.45, 2.75) is 20.4 Å². The molecule has 0 fully saturated rings. The molecule has 1 N–H and O–H groups in total. The molecule has 0 aromatic heterocycles. The molecule has 0 aliphatic carbocycles. The summed E-state index contributed by atoms with van der Waals surface area (Å²) in [5, 5.41) is 3.22. The number of ether oxygens (including phenoxy) is 1. The maximum absolute atomic E-state index is 13.5. The van der Waals surface area contributed by atoms with Gasteiger partial charge in [-0.15, -0.1) is 0 Å². The Hall–Kier alpha value is -1.16. The van der Waals surface area contributed by atoms with Crippen molar-refractivity contribution in [2.24, 2.45) is 5.92 Å². The minimum absolute atomic E-state index is 0.107. The van der Waals surface area contributed by atoms with E-state index >= 15 is 0 Å². The van der Waals surface area contributed by atoms with Crippen LogP contribution < -0.4 is 10.1 Å². The van der Waals surface area contributed by atoms with Crippen LogP contribution in [0.3, 0.4) is 0 Å². The zero-order valence-electron chi connectivity index (χ0n) is 10.3. The Balaban J connectivity index is 2.50. The van der Waals surface area contributed by atoms with Gasteiger partial charge in [0.15, 0.2) is 11.6 Å². The van der Waals surface area contributed by atoms with Crippen LogP contribution in [0.15, 0.2) is 18.2 Å². The van der Waals surface area contributed by atoms with Crippen molar-refractivity contribution in [1.29, 1.82) is 0 Å². The summed E-state index contributed by atoms with van der Waals surface area (Å²) < 4.78 is 30.3. The van der Waals surface area contributed by atoms with Gasteiger partial charge >= 0.3 is 0 Å². The van der Waals surface area contributed by atoms with Crippen LogP contribution in [-0.4, -0.2) is 19.8 Å². The molecular formula is C13H19F2NO. The smallest absolute Gasteiger partial charge is 0.165 e. The molecule has 0 bridgehead atoms. The average molecular weight is 243 g/mol. The van der Waals surface area contributed by atoms with Crippen LogP contribution in [-0.2, 0) is 6.54 Å². The molecule has 0 spiro atoms. The predicted octanol–water partition coefficient (Wildman–Crippen LogP) is 2.92. The van der Waals surface area contributed by atoms with Crippen LogP contribution in [0.1, 0.15) is 19.4 Å². The first kappa shape index (κ1) is 13.9. The Morgan fingerprint density at radius 2 is 2.12 bits per heavy atom. The lowest BCUT2D eigenvalue weighted by molar-refractivity contribution is 0.262. The first-order valence-electron chi connectivity index (χ1n) is 5.81. The first-order valence-corrected chi connectivity index (χ1v) is 5.81. The number of rotatable bonds is 7. The average Bonchev–Trinajstić information content (AvgIpc) is 2.27. The SMILES string of the molecule is CC(C)CNCc1ccc(OCCF)c(F)c1. The number of nitrogens with one attached hydrogen (secondary N) is 1. The fourth-order valence-electron chi connectivity index (χ4n) is 1.43. The highest BCUT2D eigenvalue weighted by molar-refractivity contribution is 5.29. The first-order chi connectivity index (χ1) is 8.13. The van der Waals surface area contributed by atoms with Gasteiger partial charge in [-0.25, -0.2) is 8.78 Å². The largest absolute Gasteiger partial charge is 0.488 e. The standard InChI is InChI=1S/C13H19F2NO/c1-10(2)8-16-9-11-3-4-13(12(15)7-11)17-6-5-14/h3-4,7,10,16H,5-6,8-9H2,1-2H3. The summed E-state index contributed by atoms with van der Waals surface area (Å²) in [4.78, 5) is 0. The van der Waals surface area contributed by atoms with Gasteiger partial charge < -0.3 is 10.1 Å². The van der Waals surface area contributed by atoms with E-state index in [-0.39, 0.29) is 12.4 Å². The molecule has 1 rings (SSSR count). The zero-order chi connectivity index (χ0) is 12.7. The Morgan fingerprint density at radius 3 is 2.71 bits per heavy atom. The number of halogens is 2. The molecule has 2 nitrogen and oxygen atoms in total. The molecule has 0 saturated heterocycles. The molecule has 0 amide bonds. The van der Waals surface area contributed by atoms with Crippen molar-refractivity contribution in [3.8, 4) is 5.75 Å². The fraction of sp³-hybridized carbons (Fsp3) is 0.538. The number of benzene rings is 1. The summed E-state index contributed by atoms with van der Waals surface area (Å²) in [6.45, 7) is 5.02. The van der Waals surface area contributed by atoms with Crippen LogP contribution in [0, 0.1) is 11.7 Å². The summed E-state index contributed by atoms with van der Waals surface area (Å²) in [5.41, 5.74) is 0.857. The second-order valence-electron chi connectivity index (χ2n) is 4.33. The summed E-state index contributed by atoms with van der Waals surface area (Å²) in [6, 6.07) is 4.74. The number of hydrogen-bond donors (Lipinski definition) is 1. The lowest BCUT2D eigenvalue weighted by Gasteiger charge is -2.09. The zero-order valence-corrected chi connectivity index (χ0v) is 10.3. The van der Waals surface area contributed by atoms with Crippen molar-refractivity contribution in [1.82, 2.24) is 5.32 Å². The van der Waals surface area contributed by atoms with E-state index in [1.165, 1.54) is 12.1 Å². The summed E-state index contributed by atoms with van der Waals surface area (Å²) in [6.07, 6.45) is 0. The van der Waals surface area contributed by atoms with Gasteiger partial charge in [0.2, 0.25) is 0 Å². The van der Waals surface area contributed by atoms with E-state index < -0.39 is 12.5 Å². The predicted molar refractivity (Wildman–Crippen MR) is 64.4 cm³/mol. The second-order valence-corrected chi connectivity index (χ2v) is 4.33. The number of hydrogen-bond acceptors (Lipinski definition) is 2. The molecule has 17 heavy (non-hydrogen) atoms. The van der Waals surface area contributed by atoms with E-state index in [9.17, 15) is 8.78 Å². The minimum atomic E-state index is -0.614. The highest BCUT2D eigenvalue weighted by Gasteiger charge is 2.04. The van der Waals surface area contributed by atoms with Gasteiger partial charge in [0.1, 0.15) is 13.3 Å². The Morgan fingerprint density at radius 1 is 1.35 bits per heavy atom. The molecule has 4 heteroatoms. The fourth-order valence-corrected chi connectivity index (χ4v) is 1.43. The molecule has 0 unspecified atom stereocenters. The molecular weight excluding hydrogens is 224 g/mol. The van der Waals surface area contributed by atoms with Crippen molar-refractivity contribution in [3.63, 3.8) is 0 Å². The lowest BCUT2D eigenvalue weighted by Crippen LogP contribution is -2.19. The summed E-state index contributed by atoms with van der Waals surface area (Å²) >= 11 is 0. The molecule has 1 aromatic carbocycles. The highest BCUT2D eigenvalue weighted by Crippen LogP contribution is 2.18. The normalized spacial score (nSPS) is 10.9. The maximum Gasteiger partial charge on any atom is 0.165 e. The molecule has 0 radical (unpaired) electrons. The van der Waals surface area contributed by atoms with Crippen molar-refractivity contribution in [3.05, 3.63) is 29.6 Å². The van der Waals surface area contributed by atoms with Gasteiger partial charge in [-0.3, -0.25) is 0 Å². The molecule has 1 aromatic rings. The highest BCUT2D eigenvalue weighted by atomic mass is 19.1. The van der Waals surface area contributed by atoms with Crippen LogP contribution in [0.2, 0.25) is 0 Å². The van der Waals surface area contributed by atoms with Gasteiger partial charge in [-0.2, -0.15) is 0 Å². The van der Waals surface area contributed by atoms with Crippen LogP contribution >= 0.6 is 0 Å². The quantitative estimate of drug-likeness (QED) is 0.795. The van der Waals surface area contributed by atoms with Gasteiger partial charge in [-0.05, 0) is 30.2 Å². The third-order valence-electron chi connectivity index (χ3n) is 2.21. The van der Waals surface area contributed by atoms with Crippen LogP contribution in [0.5, 0.6) is 5.75 Å². The molecule has 0 atom stereocenters. The van der Waals surface area contributed by atoms with Gasteiger partial charge in [-0.1, -0.05) is 19.9 Å².